The first-order valence-corrected chi connectivity index (χ1v) is 10.4. The Balaban J connectivity index is 1.43. The van der Waals surface area contributed by atoms with E-state index in [1.54, 1.807) is 22.7 Å². The van der Waals surface area contributed by atoms with Crippen molar-refractivity contribution in [1.29, 1.82) is 0 Å². The molecule has 3 heterocycles. The van der Waals surface area contributed by atoms with Crippen LogP contribution in [0.5, 0.6) is 0 Å². The molecule has 1 aliphatic rings. The first-order valence-electron chi connectivity index (χ1n) is 8.54. The van der Waals surface area contributed by atoms with Gasteiger partial charge >= 0.3 is 0 Å². The van der Waals surface area contributed by atoms with Crippen LogP contribution in [0.4, 0.5) is 0 Å². The fourth-order valence-corrected chi connectivity index (χ4v) is 5.13. The van der Waals surface area contributed by atoms with Gasteiger partial charge in [-0.05, 0) is 30.4 Å². The van der Waals surface area contributed by atoms with Crippen molar-refractivity contribution in [2.75, 3.05) is 6.54 Å². The number of hydrogen-bond donors (Lipinski definition) is 0. The van der Waals surface area contributed by atoms with Gasteiger partial charge in [-0.2, -0.15) is 11.3 Å². The van der Waals surface area contributed by atoms with E-state index in [9.17, 15) is 4.79 Å². The van der Waals surface area contributed by atoms with Crippen LogP contribution in [-0.2, 0) is 11.2 Å². The highest BCUT2D eigenvalue weighted by molar-refractivity contribution is 7.14. The van der Waals surface area contributed by atoms with Crippen LogP contribution in [0.15, 0.2) is 52.5 Å². The molecular formula is C20H20N2OS2. The maximum absolute atomic E-state index is 12.8. The molecule has 5 heteroatoms. The summed E-state index contributed by atoms with van der Waals surface area (Å²) >= 11 is 3.28. The largest absolute Gasteiger partial charge is 0.339 e. The molecule has 4 rings (SSSR count). The molecule has 0 radical (unpaired) electrons. The monoisotopic (exact) mass is 368 g/mol. The molecule has 3 nitrogen and oxygen atoms in total. The first-order chi connectivity index (χ1) is 12.2. The van der Waals surface area contributed by atoms with Gasteiger partial charge in [-0.25, -0.2) is 4.98 Å². The number of aromatic nitrogens is 1. The van der Waals surface area contributed by atoms with E-state index in [1.807, 2.05) is 16.3 Å². The van der Waals surface area contributed by atoms with Gasteiger partial charge in [0.25, 0.3) is 0 Å². The number of hydrogen-bond acceptors (Lipinski definition) is 4. The minimum atomic E-state index is 0.188. The SMILES string of the molecule is C[C@H]1[C@@H](c2ccccc2)CCN1C(=O)Cc1csc(-c2ccsc2)n1. The lowest BCUT2D eigenvalue weighted by molar-refractivity contribution is -0.131. The summed E-state index contributed by atoms with van der Waals surface area (Å²) < 4.78 is 0. The summed E-state index contributed by atoms with van der Waals surface area (Å²) in [6.07, 6.45) is 1.43. The van der Waals surface area contributed by atoms with Crippen molar-refractivity contribution < 1.29 is 4.79 Å². The quantitative estimate of drug-likeness (QED) is 0.661. The number of carbonyl (C=O) groups is 1. The predicted octanol–water partition coefficient (Wildman–Crippen LogP) is 4.82. The number of thiazole rings is 1. The molecular weight excluding hydrogens is 348 g/mol. The standard InChI is InChI=1S/C20H20N2OS2/c1-14-18(15-5-3-2-4-6-15)7-9-22(14)19(23)11-17-13-25-20(21-17)16-8-10-24-12-16/h2-6,8,10,12-14,18H,7,9,11H2,1H3/t14-,18-/m0/s1. The number of benzene rings is 1. The molecule has 1 aliphatic heterocycles. The van der Waals surface area contributed by atoms with E-state index in [0.717, 1.165) is 29.2 Å². The van der Waals surface area contributed by atoms with Crippen molar-refractivity contribution in [2.45, 2.75) is 31.7 Å². The van der Waals surface area contributed by atoms with Crippen molar-refractivity contribution in [3.63, 3.8) is 0 Å². The van der Waals surface area contributed by atoms with Gasteiger partial charge in [0.15, 0.2) is 0 Å². The second-order valence-electron chi connectivity index (χ2n) is 6.47. The molecule has 2 atom stereocenters. The Labute approximate surface area is 156 Å². The highest BCUT2D eigenvalue weighted by Crippen LogP contribution is 2.33. The average Bonchev–Trinajstić information content (AvgIpc) is 3.35. The molecule has 128 valence electrons. The molecule has 0 spiro atoms. The van der Waals surface area contributed by atoms with Crippen molar-refractivity contribution in [3.8, 4) is 10.6 Å². The van der Waals surface area contributed by atoms with Gasteiger partial charge in [0, 0.05) is 34.8 Å². The lowest BCUT2D eigenvalue weighted by Gasteiger charge is -2.25. The van der Waals surface area contributed by atoms with Gasteiger partial charge in [0.2, 0.25) is 5.91 Å². The Kier molecular flexibility index (Phi) is 4.68. The molecule has 0 saturated carbocycles. The summed E-state index contributed by atoms with van der Waals surface area (Å²) in [7, 11) is 0. The van der Waals surface area contributed by atoms with E-state index in [-0.39, 0.29) is 11.9 Å². The van der Waals surface area contributed by atoms with Gasteiger partial charge in [0.1, 0.15) is 5.01 Å². The molecule has 25 heavy (non-hydrogen) atoms. The molecule has 0 bridgehead atoms. The number of amides is 1. The van der Waals surface area contributed by atoms with Crippen LogP contribution in [0.2, 0.25) is 0 Å². The summed E-state index contributed by atoms with van der Waals surface area (Å²) in [5.41, 5.74) is 3.36. The van der Waals surface area contributed by atoms with Crippen LogP contribution in [-0.4, -0.2) is 28.4 Å². The predicted molar refractivity (Wildman–Crippen MR) is 104 cm³/mol. The van der Waals surface area contributed by atoms with E-state index < -0.39 is 0 Å². The molecule has 0 unspecified atom stereocenters. The third kappa shape index (κ3) is 3.39. The summed E-state index contributed by atoms with van der Waals surface area (Å²) in [4.78, 5) is 19.5. The van der Waals surface area contributed by atoms with E-state index in [2.05, 4.69) is 53.0 Å². The van der Waals surface area contributed by atoms with Crippen molar-refractivity contribution in [2.24, 2.45) is 0 Å². The van der Waals surface area contributed by atoms with Gasteiger partial charge in [0.05, 0.1) is 12.1 Å². The van der Waals surface area contributed by atoms with E-state index >= 15 is 0 Å². The maximum Gasteiger partial charge on any atom is 0.228 e. The Morgan fingerprint density at radius 2 is 2.08 bits per heavy atom. The fraction of sp³-hybridized carbons (Fsp3) is 0.300. The zero-order chi connectivity index (χ0) is 17.2. The normalized spacial score (nSPS) is 20.1. The first kappa shape index (κ1) is 16.5. The number of nitrogens with zero attached hydrogens (tertiary/aromatic N) is 2. The maximum atomic E-state index is 12.8. The molecule has 1 amide bonds. The summed E-state index contributed by atoms with van der Waals surface area (Å²) in [6.45, 7) is 3.00. The summed E-state index contributed by atoms with van der Waals surface area (Å²) in [5, 5.41) is 7.16. The topological polar surface area (TPSA) is 33.2 Å². The molecule has 3 aromatic rings. The minimum Gasteiger partial charge on any atom is -0.339 e. The fourth-order valence-electron chi connectivity index (χ4n) is 3.60. The molecule has 2 aromatic heterocycles. The number of thiophene rings is 1. The van der Waals surface area contributed by atoms with Gasteiger partial charge in [-0.15, -0.1) is 11.3 Å². The van der Waals surface area contributed by atoms with Crippen LogP contribution in [0.1, 0.15) is 30.5 Å². The Hall–Kier alpha value is -1.98. The average molecular weight is 369 g/mol. The number of rotatable bonds is 4. The van der Waals surface area contributed by atoms with Crippen LogP contribution in [0.3, 0.4) is 0 Å². The number of carbonyl (C=O) groups excluding carboxylic acids is 1. The third-order valence-electron chi connectivity index (χ3n) is 4.96. The lowest BCUT2D eigenvalue weighted by atomic mass is 9.93. The minimum absolute atomic E-state index is 0.188. The second kappa shape index (κ2) is 7.10. The second-order valence-corrected chi connectivity index (χ2v) is 8.10. The Morgan fingerprint density at radius 3 is 2.84 bits per heavy atom. The molecule has 1 aromatic carbocycles. The van der Waals surface area contributed by atoms with Gasteiger partial charge < -0.3 is 4.90 Å². The van der Waals surface area contributed by atoms with Crippen LogP contribution < -0.4 is 0 Å². The third-order valence-corrected chi connectivity index (χ3v) is 6.58. The van der Waals surface area contributed by atoms with Crippen LogP contribution in [0, 0.1) is 0 Å². The van der Waals surface area contributed by atoms with Gasteiger partial charge in [-0.1, -0.05) is 30.3 Å². The highest BCUT2D eigenvalue weighted by Gasteiger charge is 2.34. The number of likely N-dealkylation sites (tertiary alicyclic amines) is 1. The summed E-state index contributed by atoms with van der Waals surface area (Å²) in [5.74, 6) is 0.620. The van der Waals surface area contributed by atoms with E-state index in [1.165, 1.54) is 5.56 Å². The van der Waals surface area contributed by atoms with Gasteiger partial charge in [-0.3, -0.25) is 4.79 Å². The van der Waals surface area contributed by atoms with Crippen molar-refractivity contribution in [3.05, 3.63) is 63.8 Å². The lowest BCUT2D eigenvalue weighted by Crippen LogP contribution is -2.36. The van der Waals surface area contributed by atoms with Crippen molar-refractivity contribution >= 4 is 28.6 Å². The van der Waals surface area contributed by atoms with Crippen molar-refractivity contribution in [1.82, 2.24) is 9.88 Å². The van der Waals surface area contributed by atoms with E-state index in [4.69, 9.17) is 0 Å². The van der Waals surface area contributed by atoms with Crippen LogP contribution >= 0.6 is 22.7 Å². The zero-order valence-corrected chi connectivity index (χ0v) is 15.7. The van der Waals surface area contributed by atoms with Crippen LogP contribution in [0.25, 0.3) is 10.6 Å². The molecule has 0 aliphatic carbocycles. The Morgan fingerprint density at radius 1 is 1.24 bits per heavy atom. The molecule has 1 fully saturated rings. The van der Waals surface area contributed by atoms with E-state index in [0.29, 0.717) is 12.3 Å². The highest BCUT2D eigenvalue weighted by atomic mass is 32.1. The summed E-state index contributed by atoms with van der Waals surface area (Å²) in [6, 6.07) is 12.8. The molecule has 0 N–H and O–H groups in total. The molecule has 1 saturated heterocycles. The zero-order valence-electron chi connectivity index (χ0n) is 14.1. The smallest absolute Gasteiger partial charge is 0.228 e. The Bertz CT molecular complexity index is 842.